The molecule has 2 nitrogen and oxygen atoms in total. The summed E-state index contributed by atoms with van der Waals surface area (Å²) in [5.74, 6) is 0. The van der Waals surface area contributed by atoms with E-state index in [0.717, 1.165) is 18.4 Å². The van der Waals surface area contributed by atoms with Crippen LogP contribution in [0, 0.1) is 0 Å². The van der Waals surface area contributed by atoms with Crippen LogP contribution in [0.3, 0.4) is 0 Å². The molecular weight excluding hydrogens is 234 g/mol. The first-order chi connectivity index (χ1) is 9.40. The van der Waals surface area contributed by atoms with Crippen LogP contribution < -0.4 is 0 Å². The molecule has 0 heterocycles. The van der Waals surface area contributed by atoms with Crippen molar-refractivity contribution in [1.29, 1.82) is 0 Å². The summed E-state index contributed by atoms with van der Waals surface area (Å²) in [5.41, 5.74) is 2.22. The molecule has 0 spiro atoms. The Balaban J connectivity index is 2.00. The van der Waals surface area contributed by atoms with Crippen molar-refractivity contribution in [2.75, 3.05) is 0 Å². The molecule has 0 radical (unpaired) electrons. The van der Waals surface area contributed by atoms with Gasteiger partial charge in [0.05, 0.1) is 6.21 Å². The van der Waals surface area contributed by atoms with E-state index in [1.807, 2.05) is 48.5 Å². The lowest BCUT2D eigenvalue weighted by molar-refractivity contribution is 0.0528. The second kappa shape index (κ2) is 7.37. The van der Waals surface area contributed by atoms with E-state index in [0.29, 0.717) is 0 Å². The topological polar surface area (TPSA) is 21.6 Å². The van der Waals surface area contributed by atoms with Crippen LogP contribution in [0.4, 0.5) is 0 Å². The van der Waals surface area contributed by atoms with Crippen molar-refractivity contribution in [3.63, 3.8) is 0 Å². The summed E-state index contributed by atoms with van der Waals surface area (Å²) < 4.78 is 0. The Bertz CT molecular complexity index is 493. The zero-order chi connectivity index (χ0) is 13.3. The highest BCUT2D eigenvalue weighted by Gasteiger charge is 2.10. The van der Waals surface area contributed by atoms with Crippen molar-refractivity contribution in [2.45, 2.75) is 25.9 Å². The number of hydrogen-bond acceptors (Lipinski definition) is 2. The van der Waals surface area contributed by atoms with E-state index in [1.54, 1.807) is 6.21 Å². The first-order valence-corrected chi connectivity index (χ1v) is 6.69. The van der Waals surface area contributed by atoms with Gasteiger partial charge in [-0.15, -0.1) is 0 Å². The monoisotopic (exact) mass is 253 g/mol. The Morgan fingerprint density at radius 1 is 1.00 bits per heavy atom. The lowest BCUT2D eigenvalue weighted by Gasteiger charge is -2.14. The minimum Gasteiger partial charge on any atom is -0.388 e. The summed E-state index contributed by atoms with van der Waals surface area (Å²) in [7, 11) is 0. The SMILES string of the molecule is CCCC(O/N=C/c1ccccc1)c1ccccc1. The fourth-order valence-electron chi connectivity index (χ4n) is 1.91. The maximum absolute atomic E-state index is 5.64. The van der Waals surface area contributed by atoms with Crippen LogP contribution in [0.25, 0.3) is 0 Å². The van der Waals surface area contributed by atoms with Gasteiger partial charge in [-0.05, 0) is 17.5 Å². The van der Waals surface area contributed by atoms with E-state index in [9.17, 15) is 0 Å². The summed E-state index contributed by atoms with van der Waals surface area (Å²) in [6.45, 7) is 2.15. The number of rotatable bonds is 6. The van der Waals surface area contributed by atoms with E-state index in [1.165, 1.54) is 5.56 Å². The molecule has 0 aliphatic rings. The van der Waals surface area contributed by atoms with Gasteiger partial charge >= 0.3 is 0 Å². The van der Waals surface area contributed by atoms with E-state index in [4.69, 9.17) is 4.84 Å². The Kier molecular flexibility index (Phi) is 5.17. The summed E-state index contributed by atoms with van der Waals surface area (Å²) in [6.07, 6.45) is 3.83. The second-order valence-corrected chi connectivity index (χ2v) is 4.44. The van der Waals surface area contributed by atoms with Crippen molar-refractivity contribution in [3.05, 3.63) is 71.8 Å². The molecule has 0 bridgehead atoms. The molecule has 0 amide bonds. The van der Waals surface area contributed by atoms with Crippen molar-refractivity contribution in [2.24, 2.45) is 5.16 Å². The predicted octanol–water partition coefficient (Wildman–Crippen LogP) is 4.58. The maximum atomic E-state index is 5.64. The Morgan fingerprint density at radius 3 is 2.26 bits per heavy atom. The predicted molar refractivity (Wildman–Crippen MR) is 79.2 cm³/mol. The normalized spacial score (nSPS) is 12.5. The first kappa shape index (κ1) is 13.3. The number of nitrogens with zero attached hydrogens (tertiary/aromatic N) is 1. The van der Waals surface area contributed by atoms with Gasteiger partial charge in [0.2, 0.25) is 0 Å². The van der Waals surface area contributed by atoms with Crippen LogP contribution in [0.15, 0.2) is 65.8 Å². The fourth-order valence-corrected chi connectivity index (χ4v) is 1.91. The molecule has 0 aromatic heterocycles. The summed E-state index contributed by atoms with van der Waals surface area (Å²) in [4.78, 5) is 5.64. The molecule has 0 saturated carbocycles. The lowest BCUT2D eigenvalue weighted by Crippen LogP contribution is -2.00. The third kappa shape index (κ3) is 4.25. The molecule has 2 aromatic rings. The van der Waals surface area contributed by atoms with Gasteiger partial charge in [-0.25, -0.2) is 0 Å². The van der Waals surface area contributed by atoms with E-state index in [2.05, 4.69) is 24.2 Å². The van der Waals surface area contributed by atoms with Crippen LogP contribution in [0.5, 0.6) is 0 Å². The highest BCUT2D eigenvalue weighted by Crippen LogP contribution is 2.22. The summed E-state index contributed by atoms with van der Waals surface area (Å²) in [6, 6.07) is 20.2. The zero-order valence-electron chi connectivity index (χ0n) is 11.2. The van der Waals surface area contributed by atoms with Gasteiger partial charge in [0, 0.05) is 0 Å². The first-order valence-electron chi connectivity index (χ1n) is 6.69. The van der Waals surface area contributed by atoms with Gasteiger partial charge in [0.15, 0.2) is 6.10 Å². The molecule has 0 N–H and O–H groups in total. The van der Waals surface area contributed by atoms with Crippen molar-refractivity contribution in [3.8, 4) is 0 Å². The minimum absolute atomic E-state index is 0.0335. The van der Waals surface area contributed by atoms with Crippen molar-refractivity contribution >= 4 is 6.21 Å². The number of oxime groups is 1. The van der Waals surface area contributed by atoms with E-state index >= 15 is 0 Å². The van der Waals surface area contributed by atoms with Gasteiger partial charge in [0.1, 0.15) is 0 Å². The molecule has 19 heavy (non-hydrogen) atoms. The van der Waals surface area contributed by atoms with Crippen LogP contribution in [0.2, 0.25) is 0 Å². The average molecular weight is 253 g/mol. The average Bonchev–Trinajstić information content (AvgIpc) is 2.48. The van der Waals surface area contributed by atoms with Crippen molar-refractivity contribution < 1.29 is 4.84 Å². The second-order valence-electron chi connectivity index (χ2n) is 4.44. The van der Waals surface area contributed by atoms with Crippen LogP contribution in [-0.4, -0.2) is 6.21 Å². The Labute approximate surface area is 114 Å². The Hall–Kier alpha value is -2.09. The molecule has 0 aliphatic carbocycles. The molecule has 98 valence electrons. The van der Waals surface area contributed by atoms with Crippen LogP contribution in [0.1, 0.15) is 37.0 Å². The smallest absolute Gasteiger partial charge is 0.152 e. The molecule has 0 saturated heterocycles. The van der Waals surface area contributed by atoms with Crippen molar-refractivity contribution in [1.82, 2.24) is 0 Å². The third-order valence-corrected chi connectivity index (χ3v) is 2.91. The number of hydrogen-bond donors (Lipinski definition) is 0. The maximum Gasteiger partial charge on any atom is 0.152 e. The number of benzene rings is 2. The molecular formula is C17H19NO. The van der Waals surface area contributed by atoms with Gasteiger partial charge < -0.3 is 4.84 Å². The highest BCUT2D eigenvalue weighted by atomic mass is 16.6. The lowest BCUT2D eigenvalue weighted by atomic mass is 10.1. The van der Waals surface area contributed by atoms with E-state index in [-0.39, 0.29) is 6.10 Å². The van der Waals surface area contributed by atoms with E-state index < -0.39 is 0 Å². The standard InChI is InChI=1S/C17H19NO/c1-2-9-17(16-12-7-4-8-13-16)19-18-14-15-10-5-3-6-11-15/h3-8,10-14,17H,2,9H2,1H3/b18-14+. The largest absolute Gasteiger partial charge is 0.388 e. The highest BCUT2D eigenvalue weighted by molar-refractivity contribution is 5.78. The molecule has 2 aromatic carbocycles. The summed E-state index contributed by atoms with van der Waals surface area (Å²) >= 11 is 0. The summed E-state index contributed by atoms with van der Waals surface area (Å²) in [5, 5.41) is 4.11. The van der Waals surface area contributed by atoms with Crippen LogP contribution >= 0.6 is 0 Å². The van der Waals surface area contributed by atoms with Gasteiger partial charge in [-0.2, -0.15) is 0 Å². The molecule has 1 unspecified atom stereocenters. The molecule has 0 aliphatic heterocycles. The van der Waals surface area contributed by atoms with Gasteiger partial charge in [0.25, 0.3) is 0 Å². The molecule has 1 atom stereocenters. The molecule has 0 fully saturated rings. The Morgan fingerprint density at radius 2 is 1.63 bits per heavy atom. The third-order valence-electron chi connectivity index (χ3n) is 2.91. The fraction of sp³-hybridized carbons (Fsp3) is 0.235. The molecule has 2 rings (SSSR count). The van der Waals surface area contributed by atoms with Crippen LogP contribution in [-0.2, 0) is 4.84 Å². The molecule has 2 heteroatoms. The van der Waals surface area contributed by atoms with Gasteiger partial charge in [-0.3, -0.25) is 0 Å². The zero-order valence-corrected chi connectivity index (χ0v) is 11.2. The quantitative estimate of drug-likeness (QED) is 0.545. The van der Waals surface area contributed by atoms with Gasteiger partial charge in [-0.1, -0.05) is 79.2 Å². The minimum atomic E-state index is 0.0335.